The molecule has 3 aromatic carbocycles. The number of hydrogen-bond acceptors (Lipinski definition) is 5. The van der Waals surface area contributed by atoms with E-state index in [2.05, 4.69) is 15.6 Å². The van der Waals surface area contributed by atoms with E-state index in [4.69, 9.17) is 4.42 Å². The lowest BCUT2D eigenvalue weighted by molar-refractivity contribution is -0.117. The lowest BCUT2D eigenvalue weighted by Gasteiger charge is -2.08. The Morgan fingerprint density at radius 2 is 1.66 bits per heavy atom. The molecule has 0 atom stereocenters. The first-order valence-electron chi connectivity index (χ1n) is 10.3. The van der Waals surface area contributed by atoms with E-state index in [9.17, 15) is 14.4 Å². The molecule has 158 valence electrons. The van der Waals surface area contributed by atoms with Crippen LogP contribution in [0.25, 0.3) is 22.4 Å². The van der Waals surface area contributed by atoms with Crippen molar-refractivity contribution >= 4 is 34.1 Å². The van der Waals surface area contributed by atoms with Gasteiger partial charge in [0.2, 0.25) is 11.8 Å². The summed E-state index contributed by atoms with van der Waals surface area (Å²) in [4.78, 5) is 41.2. The van der Waals surface area contributed by atoms with Crippen LogP contribution in [0.15, 0.2) is 82.0 Å². The summed E-state index contributed by atoms with van der Waals surface area (Å²) >= 11 is 0. The van der Waals surface area contributed by atoms with Crippen LogP contribution < -0.4 is 16.3 Å². The predicted molar refractivity (Wildman–Crippen MR) is 121 cm³/mol. The van der Waals surface area contributed by atoms with E-state index in [0.717, 1.165) is 12.8 Å². The molecule has 0 unspecified atom stereocenters. The SMILES string of the molecule is O=C(Nc1cccc(-c2nc3ccccc3c(=O)o2)c1)c1ccc(NC(=O)C2CC2)cc1. The average Bonchev–Trinajstić information content (AvgIpc) is 3.65. The lowest BCUT2D eigenvalue weighted by Crippen LogP contribution is -2.14. The highest BCUT2D eigenvalue weighted by molar-refractivity contribution is 6.05. The molecule has 5 rings (SSSR count). The molecule has 32 heavy (non-hydrogen) atoms. The first-order chi connectivity index (χ1) is 15.6. The number of aromatic nitrogens is 1. The topological polar surface area (TPSA) is 101 Å². The maximum absolute atomic E-state index is 12.7. The molecule has 0 saturated heterocycles. The number of nitrogens with one attached hydrogen (secondary N) is 2. The zero-order valence-corrected chi connectivity index (χ0v) is 17.0. The number of nitrogens with zero attached hydrogens (tertiary/aromatic N) is 1. The second kappa shape index (κ2) is 8.11. The fourth-order valence-corrected chi connectivity index (χ4v) is 3.37. The number of benzene rings is 3. The van der Waals surface area contributed by atoms with E-state index in [-0.39, 0.29) is 23.6 Å². The van der Waals surface area contributed by atoms with E-state index in [1.54, 1.807) is 72.8 Å². The minimum atomic E-state index is -0.464. The minimum Gasteiger partial charge on any atom is -0.403 e. The molecule has 0 aliphatic heterocycles. The summed E-state index contributed by atoms with van der Waals surface area (Å²) in [6.07, 6.45) is 1.87. The van der Waals surface area contributed by atoms with Gasteiger partial charge < -0.3 is 15.1 Å². The van der Waals surface area contributed by atoms with Gasteiger partial charge in [-0.3, -0.25) is 9.59 Å². The van der Waals surface area contributed by atoms with Crippen LogP contribution >= 0.6 is 0 Å². The van der Waals surface area contributed by atoms with Crippen molar-refractivity contribution in [1.82, 2.24) is 4.98 Å². The molecule has 0 bridgehead atoms. The normalized spacial score (nSPS) is 13.0. The predicted octanol–water partition coefficient (Wildman–Crippen LogP) is 4.46. The number of carbonyl (C=O) groups is 2. The third kappa shape index (κ3) is 4.13. The van der Waals surface area contributed by atoms with E-state index in [0.29, 0.717) is 33.4 Å². The number of amides is 2. The van der Waals surface area contributed by atoms with E-state index in [1.165, 1.54) is 0 Å². The second-order valence-electron chi connectivity index (χ2n) is 7.70. The summed E-state index contributed by atoms with van der Waals surface area (Å²) in [5, 5.41) is 6.10. The highest BCUT2D eigenvalue weighted by Gasteiger charge is 2.29. The highest BCUT2D eigenvalue weighted by Crippen LogP contribution is 2.30. The van der Waals surface area contributed by atoms with E-state index in [1.807, 2.05) is 0 Å². The Morgan fingerprint density at radius 1 is 0.875 bits per heavy atom. The number of hydrogen-bond donors (Lipinski definition) is 2. The van der Waals surface area contributed by atoms with Crippen molar-refractivity contribution in [2.45, 2.75) is 12.8 Å². The maximum atomic E-state index is 12.7. The smallest absolute Gasteiger partial charge is 0.347 e. The Kier molecular flexibility index (Phi) is 4.99. The number of rotatable bonds is 5. The number of fused-ring (bicyclic) bond motifs is 1. The third-order valence-corrected chi connectivity index (χ3v) is 5.27. The standard InChI is InChI=1S/C25H19N3O4/c29-22(15-8-9-15)26-18-12-10-16(11-13-18)23(30)27-19-5-3-4-17(14-19)24-28-21-7-2-1-6-20(21)25(31)32-24/h1-7,10-15H,8-9H2,(H,26,29)(H,27,30). The molecule has 0 spiro atoms. The molecule has 1 heterocycles. The largest absolute Gasteiger partial charge is 0.403 e. The number of para-hydroxylation sites is 1. The van der Waals surface area contributed by atoms with Gasteiger partial charge in [-0.25, -0.2) is 9.78 Å². The Morgan fingerprint density at radius 3 is 2.44 bits per heavy atom. The highest BCUT2D eigenvalue weighted by atomic mass is 16.4. The molecule has 4 aromatic rings. The molecule has 2 N–H and O–H groups in total. The van der Waals surface area contributed by atoms with Crippen molar-refractivity contribution in [2.75, 3.05) is 10.6 Å². The second-order valence-corrected chi connectivity index (χ2v) is 7.70. The molecule has 1 aliphatic rings. The summed E-state index contributed by atoms with van der Waals surface area (Å²) < 4.78 is 5.37. The van der Waals surface area contributed by atoms with Crippen molar-refractivity contribution in [1.29, 1.82) is 0 Å². The quantitative estimate of drug-likeness (QED) is 0.492. The minimum absolute atomic E-state index is 0.0213. The van der Waals surface area contributed by atoms with E-state index < -0.39 is 5.63 Å². The van der Waals surface area contributed by atoms with E-state index >= 15 is 0 Å². The first kappa shape index (κ1) is 19.7. The fourth-order valence-electron chi connectivity index (χ4n) is 3.37. The molecule has 0 radical (unpaired) electrons. The van der Waals surface area contributed by atoms with Crippen LogP contribution in [0.3, 0.4) is 0 Å². The van der Waals surface area contributed by atoms with Crippen LogP contribution in [0, 0.1) is 5.92 Å². The van der Waals surface area contributed by atoms with Gasteiger partial charge in [0.05, 0.1) is 10.9 Å². The van der Waals surface area contributed by atoms with Gasteiger partial charge in [0.25, 0.3) is 5.91 Å². The molecule has 1 aromatic heterocycles. The Balaban J connectivity index is 1.33. The van der Waals surface area contributed by atoms with Crippen LogP contribution in [0.1, 0.15) is 23.2 Å². The fraction of sp³-hybridized carbons (Fsp3) is 0.120. The number of carbonyl (C=O) groups excluding carboxylic acids is 2. The van der Waals surface area contributed by atoms with Crippen molar-refractivity contribution in [2.24, 2.45) is 5.92 Å². The van der Waals surface area contributed by atoms with Gasteiger partial charge >= 0.3 is 5.63 Å². The van der Waals surface area contributed by atoms with Crippen LogP contribution in [0.5, 0.6) is 0 Å². The molecule has 1 saturated carbocycles. The van der Waals surface area contributed by atoms with Crippen molar-refractivity contribution in [3.63, 3.8) is 0 Å². The molecular formula is C25H19N3O4. The van der Waals surface area contributed by atoms with Gasteiger partial charge in [0.1, 0.15) is 0 Å². The van der Waals surface area contributed by atoms with Crippen molar-refractivity contribution < 1.29 is 14.0 Å². The molecule has 2 amide bonds. The van der Waals surface area contributed by atoms with Gasteiger partial charge in [-0.05, 0) is 67.4 Å². The molecular weight excluding hydrogens is 406 g/mol. The Hall–Kier alpha value is -4.26. The summed E-state index contributed by atoms with van der Waals surface area (Å²) in [7, 11) is 0. The summed E-state index contributed by atoms with van der Waals surface area (Å²) in [6, 6.07) is 20.6. The lowest BCUT2D eigenvalue weighted by atomic mass is 10.1. The molecule has 7 heteroatoms. The van der Waals surface area contributed by atoms with Gasteiger partial charge in [0, 0.05) is 28.4 Å². The van der Waals surface area contributed by atoms with Crippen molar-refractivity contribution in [3.8, 4) is 11.5 Å². The maximum Gasteiger partial charge on any atom is 0.347 e. The summed E-state index contributed by atoms with van der Waals surface area (Å²) in [5.74, 6) is 0.0236. The van der Waals surface area contributed by atoms with Gasteiger partial charge in [-0.15, -0.1) is 0 Å². The van der Waals surface area contributed by atoms with Crippen LogP contribution in [-0.2, 0) is 4.79 Å². The van der Waals surface area contributed by atoms with Gasteiger partial charge in [0.15, 0.2) is 0 Å². The number of anilines is 2. The third-order valence-electron chi connectivity index (χ3n) is 5.27. The van der Waals surface area contributed by atoms with Crippen LogP contribution in [0.4, 0.5) is 11.4 Å². The Bertz CT molecular complexity index is 1390. The van der Waals surface area contributed by atoms with Crippen LogP contribution in [0.2, 0.25) is 0 Å². The molecule has 1 aliphatic carbocycles. The van der Waals surface area contributed by atoms with Crippen molar-refractivity contribution in [3.05, 3.63) is 88.8 Å². The molecule has 1 fully saturated rings. The average molecular weight is 425 g/mol. The monoisotopic (exact) mass is 425 g/mol. The zero-order valence-electron chi connectivity index (χ0n) is 17.0. The Labute approximate surface area is 183 Å². The van der Waals surface area contributed by atoms with Gasteiger partial charge in [-0.1, -0.05) is 18.2 Å². The summed E-state index contributed by atoms with van der Waals surface area (Å²) in [5.41, 5.74) is 2.31. The zero-order chi connectivity index (χ0) is 22.1. The van der Waals surface area contributed by atoms with Gasteiger partial charge in [-0.2, -0.15) is 0 Å². The first-order valence-corrected chi connectivity index (χ1v) is 10.3. The van der Waals surface area contributed by atoms with Crippen LogP contribution in [-0.4, -0.2) is 16.8 Å². The summed E-state index contributed by atoms with van der Waals surface area (Å²) in [6.45, 7) is 0. The molecule has 7 nitrogen and oxygen atoms in total.